The van der Waals surface area contributed by atoms with Crippen LogP contribution in [-0.4, -0.2) is 82.3 Å². The van der Waals surface area contributed by atoms with Crippen LogP contribution < -0.4 is 5.11 Å². The molecule has 430 valence electrons. The van der Waals surface area contributed by atoms with Crippen molar-refractivity contribution >= 4 is 17.9 Å². The van der Waals surface area contributed by atoms with Gasteiger partial charge in [-0.1, -0.05) is 239 Å². The second-order valence-electron chi connectivity index (χ2n) is 21.2. The lowest BCUT2D eigenvalue weighted by Gasteiger charge is -2.26. The number of quaternary nitrogens is 1. The molecule has 0 aromatic carbocycles. The molecule has 0 aliphatic heterocycles. The first-order valence-electron chi connectivity index (χ1n) is 30.4. The molecule has 0 rings (SSSR count). The van der Waals surface area contributed by atoms with Crippen LogP contribution >= 0.6 is 0 Å². The number of hydrogen-bond acceptors (Lipinski definition) is 8. The van der Waals surface area contributed by atoms with Gasteiger partial charge in [-0.3, -0.25) is 9.59 Å². The third-order valence-corrected chi connectivity index (χ3v) is 12.8. The molecule has 0 heterocycles. The summed E-state index contributed by atoms with van der Waals surface area (Å²) in [5.41, 5.74) is 0. The van der Waals surface area contributed by atoms with E-state index in [2.05, 4.69) is 111 Å². The van der Waals surface area contributed by atoms with Gasteiger partial charge < -0.3 is 33.3 Å². The molecule has 0 fully saturated rings. The van der Waals surface area contributed by atoms with Crippen molar-refractivity contribution in [1.29, 1.82) is 0 Å². The fourth-order valence-electron chi connectivity index (χ4n) is 8.23. The Kier molecular flexibility index (Phi) is 53.6. The Labute approximate surface area is 461 Å². The minimum Gasteiger partial charge on any atom is -0.545 e. The number of ether oxygens (including phenoxy) is 4. The molecule has 0 aliphatic carbocycles. The van der Waals surface area contributed by atoms with Gasteiger partial charge in [-0.05, 0) is 89.9 Å². The Bertz CT molecular complexity index is 1550. The molecular formula is C66H113NO8. The molecule has 2 unspecified atom stereocenters. The molecule has 0 bridgehead atoms. The van der Waals surface area contributed by atoms with Gasteiger partial charge in [-0.25, -0.2) is 0 Å². The number of unbranched alkanes of at least 4 members (excludes halogenated alkanes) is 24. The molecule has 9 heteroatoms. The molecule has 0 aromatic rings. The van der Waals surface area contributed by atoms with Gasteiger partial charge in [0.2, 0.25) is 0 Å². The summed E-state index contributed by atoms with van der Waals surface area (Å²) in [7, 11) is 5.91. The van der Waals surface area contributed by atoms with Crippen molar-refractivity contribution in [3.05, 3.63) is 97.2 Å². The number of allylic oxidation sites excluding steroid dienone is 16. The maximum Gasteiger partial charge on any atom is 0.306 e. The maximum atomic E-state index is 12.9. The van der Waals surface area contributed by atoms with Crippen LogP contribution in [0.4, 0.5) is 0 Å². The zero-order valence-electron chi connectivity index (χ0n) is 48.9. The van der Waals surface area contributed by atoms with Gasteiger partial charge in [0.05, 0.1) is 40.3 Å². The molecule has 0 saturated heterocycles. The fraction of sp³-hybridized carbons (Fsp3) is 0.712. The van der Waals surface area contributed by atoms with E-state index in [4.69, 9.17) is 18.9 Å². The average molecular weight is 1050 g/mol. The Morgan fingerprint density at radius 2 is 0.720 bits per heavy atom. The van der Waals surface area contributed by atoms with Crippen LogP contribution in [-0.2, 0) is 33.3 Å². The summed E-state index contributed by atoms with van der Waals surface area (Å²) < 4.78 is 22.6. The standard InChI is InChI=1S/C66H113NO8/c1-6-8-10-12-14-16-18-20-21-22-23-24-25-26-27-28-29-30-31-32-33-34-35-36-37-38-39-40-41-42-43-45-47-49-51-53-55-57-64(69)75-62(61-74-66(65(70)71)72-59-58-67(3,4)5)60-73-63(68)56-54-52-50-48-46-44-19-17-15-13-11-9-7-2/h8-11,14-17,20-21,23-24,26-27,44,46,62,66H,6-7,12-13,18-19,22,25,28-43,45,47-61H2,1-5H3/b10-8-,11-9-,16-14-,17-15-,21-20-,24-23-,27-26-,46-44-. The molecule has 0 N–H and O–H groups in total. The predicted molar refractivity (Wildman–Crippen MR) is 315 cm³/mol. The predicted octanol–water partition coefficient (Wildman–Crippen LogP) is 16.8. The average Bonchev–Trinajstić information content (AvgIpc) is 3.38. The van der Waals surface area contributed by atoms with E-state index in [-0.39, 0.29) is 38.6 Å². The van der Waals surface area contributed by atoms with E-state index in [0.717, 1.165) is 89.9 Å². The number of rotatable bonds is 55. The van der Waals surface area contributed by atoms with Crippen LogP contribution in [0.5, 0.6) is 0 Å². The quantitative estimate of drug-likeness (QED) is 0.0195. The Morgan fingerprint density at radius 1 is 0.400 bits per heavy atom. The number of carboxylic acids is 1. The third kappa shape index (κ3) is 57.7. The summed E-state index contributed by atoms with van der Waals surface area (Å²) >= 11 is 0. The van der Waals surface area contributed by atoms with Crippen LogP contribution in [0, 0.1) is 0 Å². The van der Waals surface area contributed by atoms with Gasteiger partial charge in [0, 0.05) is 12.8 Å². The first-order chi connectivity index (χ1) is 36.6. The molecule has 0 spiro atoms. The second-order valence-corrected chi connectivity index (χ2v) is 21.2. The van der Waals surface area contributed by atoms with Crippen molar-refractivity contribution in [2.45, 2.75) is 257 Å². The van der Waals surface area contributed by atoms with E-state index in [1.807, 2.05) is 21.1 Å². The molecule has 9 nitrogen and oxygen atoms in total. The van der Waals surface area contributed by atoms with Gasteiger partial charge in [-0.2, -0.15) is 0 Å². The zero-order chi connectivity index (χ0) is 54.8. The summed E-state index contributed by atoms with van der Waals surface area (Å²) in [6.07, 6.45) is 73.5. The molecule has 0 aromatic heterocycles. The largest absolute Gasteiger partial charge is 0.545 e. The van der Waals surface area contributed by atoms with Crippen LogP contribution in [0.1, 0.15) is 245 Å². The summed E-state index contributed by atoms with van der Waals surface area (Å²) in [4.78, 5) is 37.2. The molecule has 2 atom stereocenters. The van der Waals surface area contributed by atoms with E-state index < -0.39 is 24.3 Å². The van der Waals surface area contributed by atoms with Crippen LogP contribution in [0.2, 0.25) is 0 Å². The smallest absolute Gasteiger partial charge is 0.306 e. The minimum absolute atomic E-state index is 0.140. The lowest BCUT2D eigenvalue weighted by molar-refractivity contribution is -0.870. The number of esters is 2. The first-order valence-corrected chi connectivity index (χ1v) is 30.4. The van der Waals surface area contributed by atoms with Gasteiger partial charge in [-0.15, -0.1) is 0 Å². The number of carbonyl (C=O) groups excluding carboxylic acids is 3. The first kappa shape index (κ1) is 71.2. The van der Waals surface area contributed by atoms with E-state index in [1.165, 1.54) is 116 Å². The summed E-state index contributed by atoms with van der Waals surface area (Å²) in [5, 5.41) is 11.8. The van der Waals surface area contributed by atoms with Crippen molar-refractivity contribution in [1.82, 2.24) is 0 Å². The Balaban J connectivity index is 4.03. The van der Waals surface area contributed by atoms with Crippen LogP contribution in [0.3, 0.4) is 0 Å². The van der Waals surface area contributed by atoms with Crippen molar-refractivity contribution in [2.75, 3.05) is 47.5 Å². The Hall–Kier alpha value is -3.79. The van der Waals surface area contributed by atoms with Crippen LogP contribution in [0.25, 0.3) is 0 Å². The lowest BCUT2D eigenvalue weighted by Crippen LogP contribution is -2.44. The van der Waals surface area contributed by atoms with Gasteiger partial charge in [0.25, 0.3) is 0 Å². The number of nitrogens with zero attached hydrogens (tertiary/aromatic N) is 1. The third-order valence-electron chi connectivity index (χ3n) is 12.8. The van der Waals surface area contributed by atoms with Gasteiger partial charge in [0.1, 0.15) is 13.2 Å². The lowest BCUT2D eigenvalue weighted by atomic mass is 10.0. The number of hydrogen-bond donors (Lipinski definition) is 0. The summed E-state index contributed by atoms with van der Waals surface area (Å²) in [6.45, 7) is 4.48. The highest BCUT2D eigenvalue weighted by molar-refractivity contribution is 5.70. The van der Waals surface area contributed by atoms with Gasteiger partial charge in [0.15, 0.2) is 12.4 Å². The fourth-order valence-corrected chi connectivity index (χ4v) is 8.23. The van der Waals surface area contributed by atoms with Crippen LogP contribution in [0.15, 0.2) is 97.2 Å². The highest BCUT2D eigenvalue weighted by atomic mass is 16.7. The molecule has 0 aliphatic rings. The molecule has 0 radical (unpaired) electrons. The van der Waals surface area contributed by atoms with E-state index in [0.29, 0.717) is 23.9 Å². The number of carbonyl (C=O) groups is 3. The summed E-state index contributed by atoms with van der Waals surface area (Å²) in [5.74, 6) is -2.32. The van der Waals surface area contributed by atoms with Crippen molar-refractivity contribution < 1.29 is 42.9 Å². The number of carboxylic acid groups (broad SMARTS) is 1. The van der Waals surface area contributed by atoms with E-state index in [1.54, 1.807) is 0 Å². The topological polar surface area (TPSA) is 111 Å². The highest BCUT2D eigenvalue weighted by Crippen LogP contribution is 2.17. The molecular weight excluding hydrogens is 935 g/mol. The van der Waals surface area contributed by atoms with Crippen molar-refractivity contribution in [2.24, 2.45) is 0 Å². The molecule has 75 heavy (non-hydrogen) atoms. The van der Waals surface area contributed by atoms with Crippen molar-refractivity contribution in [3.63, 3.8) is 0 Å². The Morgan fingerprint density at radius 3 is 1.08 bits per heavy atom. The minimum atomic E-state index is -1.63. The van der Waals surface area contributed by atoms with Crippen molar-refractivity contribution in [3.8, 4) is 0 Å². The monoisotopic (exact) mass is 1050 g/mol. The summed E-state index contributed by atoms with van der Waals surface area (Å²) in [6, 6.07) is 0. The highest BCUT2D eigenvalue weighted by Gasteiger charge is 2.22. The SMILES string of the molecule is CC/C=C\C/C=C\C/C=C\C/C=C\C/C=C\CCCCCCCCCCCCCCCCCCCCCCCC(=O)OC(COC(=O)CCCCC/C=C\C/C=C\C/C=C\CC)COC(OCC[N+](C)(C)C)C(=O)[O-]. The number of likely N-dealkylation sites (N-methyl/N-ethyl adjacent to an activating group) is 1. The van der Waals surface area contributed by atoms with E-state index in [9.17, 15) is 19.5 Å². The molecule has 0 amide bonds. The van der Waals surface area contributed by atoms with Gasteiger partial charge >= 0.3 is 11.9 Å². The van der Waals surface area contributed by atoms with E-state index >= 15 is 0 Å². The second kappa shape index (κ2) is 56.4. The maximum absolute atomic E-state index is 12.9. The zero-order valence-corrected chi connectivity index (χ0v) is 48.9. The molecule has 0 saturated carbocycles. The normalized spacial score (nSPS) is 13.5. The number of aliphatic carboxylic acids is 1.